The molecule has 0 bridgehead atoms. The van der Waals surface area contributed by atoms with Crippen LogP contribution in [0.5, 0.6) is 0 Å². The Hall–Kier alpha value is -0.610. The first-order valence-electron chi connectivity index (χ1n) is 9.67. The highest BCUT2D eigenvalue weighted by Crippen LogP contribution is 1.97. The molecule has 1 N–H and O–H groups in total. The van der Waals surface area contributed by atoms with E-state index in [1.54, 1.807) is 0 Å². The number of hydrogen-bond donors (Lipinski definition) is 1. The summed E-state index contributed by atoms with van der Waals surface area (Å²) in [6.07, 6.45) is -8.81. The Bertz CT molecular complexity index is 511. The van der Waals surface area contributed by atoms with Crippen molar-refractivity contribution >= 4 is 5.97 Å². The summed E-state index contributed by atoms with van der Waals surface area (Å²) in [5, 5.41) is 14.5. The molecule has 11 heavy (non-hydrogen) atoms. The first-order valence-corrected chi connectivity index (χ1v) is 2.26. The molecule has 0 aromatic carbocycles. The molecule has 0 aromatic rings. The fourth-order valence-corrected chi connectivity index (χ4v) is 0.273. The van der Waals surface area contributed by atoms with E-state index in [9.17, 15) is 9.90 Å². The van der Waals surface area contributed by atoms with Gasteiger partial charge in [0, 0.05) is 15.1 Å². The van der Waals surface area contributed by atoms with Gasteiger partial charge in [-0.1, -0.05) is 0 Å². The summed E-state index contributed by atoms with van der Waals surface area (Å²) < 4.78 is 107. The maximum absolute atomic E-state index is 11.0. The number of aliphatic hydroxyl groups is 1. The molecular formula is C7H15NO3. The van der Waals surface area contributed by atoms with Crippen LogP contribution in [0, 0.1) is 0 Å². The molecule has 0 unspecified atom stereocenters. The highest BCUT2D eigenvalue weighted by atomic mass is 16.4. The van der Waals surface area contributed by atoms with E-state index in [4.69, 9.17) is 20.6 Å². The van der Waals surface area contributed by atoms with Gasteiger partial charge in [-0.15, -0.1) is 0 Å². The molecule has 0 aromatic heterocycles. The zero-order valence-electron chi connectivity index (χ0n) is 20.2. The zero-order chi connectivity index (χ0) is 21.8. The van der Waals surface area contributed by atoms with Gasteiger partial charge >= 0.3 is 0 Å². The highest BCUT2D eigenvalue weighted by Gasteiger charge is 2.14. The van der Waals surface area contributed by atoms with Crippen LogP contribution in [0.2, 0.25) is 0 Å². The lowest BCUT2D eigenvalue weighted by Crippen LogP contribution is -2.43. The molecule has 0 heterocycles. The lowest BCUT2D eigenvalue weighted by molar-refractivity contribution is -0.873. The largest absolute Gasteiger partial charge is 0.550 e. The topological polar surface area (TPSA) is 60.4 Å². The number of carbonyl (C=O) groups is 1. The molecule has 0 rings (SSSR count). The summed E-state index contributed by atoms with van der Waals surface area (Å²) in [5.74, 6) is -2.86. The van der Waals surface area contributed by atoms with Crippen LogP contribution in [0.4, 0.5) is 0 Å². The molecule has 0 fully saturated rings. The second kappa shape index (κ2) is 3.69. The summed E-state index contributed by atoms with van der Waals surface area (Å²) in [7, 11) is 0. The Morgan fingerprint density at radius 3 is 3.00 bits per heavy atom. The van der Waals surface area contributed by atoms with Gasteiger partial charge < -0.3 is 19.5 Å². The van der Waals surface area contributed by atoms with Crippen LogP contribution in [0.15, 0.2) is 0 Å². The van der Waals surface area contributed by atoms with E-state index in [0.717, 1.165) is 0 Å². The fourth-order valence-electron chi connectivity index (χ4n) is 0.273. The highest BCUT2D eigenvalue weighted by molar-refractivity contribution is 5.64. The number of aliphatic carboxylic acids is 1. The third-order valence-electron chi connectivity index (χ3n) is 0.485. The smallest absolute Gasteiger partial charge is 0.211 e. The Labute approximate surface area is 87.8 Å². The van der Waals surface area contributed by atoms with Crippen LogP contribution >= 0.6 is 0 Å². The molecule has 0 saturated carbocycles. The predicted molar refractivity (Wildman–Crippen MR) is 38.5 cm³/mol. The van der Waals surface area contributed by atoms with E-state index in [1.807, 2.05) is 0 Å². The van der Waals surface area contributed by atoms with E-state index < -0.39 is 50.3 Å². The van der Waals surface area contributed by atoms with E-state index >= 15 is 0 Å². The van der Waals surface area contributed by atoms with Crippen LogP contribution in [-0.4, -0.2) is 50.5 Å². The normalized spacial score (nSPS) is 43.5. The average Bonchev–Trinajstić information content (AvgIpc) is 2.31. The summed E-state index contributed by atoms with van der Waals surface area (Å²) in [6.45, 7) is -17.5. The van der Waals surface area contributed by atoms with E-state index in [0.29, 0.717) is 0 Å². The number of nitrogens with zero attached hydrogens (tertiary/aromatic N) is 1. The molecule has 4 nitrogen and oxygen atoms in total. The summed E-state index contributed by atoms with van der Waals surface area (Å²) in [5.41, 5.74) is 0. The second-order valence-corrected chi connectivity index (χ2v) is 1.52. The maximum Gasteiger partial charge on any atom is 0.211 e. The Morgan fingerprint density at radius 1 is 2.00 bits per heavy atom. The van der Waals surface area contributed by atoms with Gasteiger partial charge in [-0.2, -0.15) is 0 Å². The molecule has 0 radical (unpaired) electrons. The van der Waals surface area contributed by atoms with Crippen LogP contribution in [0.25, 0.3) is 0 Å². The minimum Gasteiger partial charge on any atom is -0.550 e. The number of carboxylic acids is 1. The number of rotatable bonds is 5. The van der Waals surface area contributed by atoms with Gasteiger partial charge in [-0.05, 0) is 0 Å². The standard InChI is InChI=1S/C7H15NO3/c1-8(2,3)5-6(9)4-7(10)11/h6,9H,4-5H2,1-3H3/t6-/m0/s1/i1D3,2D3,3D3,4D2,5D2,6D,9D. The molecule has 0 aliphatic carbocycles. The van der Waals surface area contributed by atoms with Gasteiger partial charge in [0.05, 0.1) is 37.4 Å². The lowest BCUT2D eigenvalue weighted by atomic mass is 10.2. The Morgan fingerprint density at radius 2 is 2.64 bits per heavy atom. The predicted octanol–water partition coefficient (Wildman–Crippen LogP) is -1.81. The molecule has 1 atom stereocenters. The Kier molecular flexibility index (Phi) is 0.516. The van der Waals surface area contributed by atoms with Crippen molar-refractivity contribution in [1.29, 1.82) is 1.43 Å². The Balaban J connectivity index is 7.44. The number of hydrogen-bond acceptors (Lipinski definition) is 3. The van der Waals surface area contributed by atoms with E-state index in [-0.39, 0.29) is 0 Å². The van der Waals surface area contributed by atoms with E-state index in [2.05, 4.69) is 5.11 Å². The third kappa shape index (κ3) is 7.29. The van der Waals surface area contributed by atoms with Crippen molar-refractivity contribution in [2.45, 2.75) is 12.5 Å². The van der Waals surface area contributed by atoms with Crippen molar-refractivity contribution in [2.24, 2.45) is 0 Å². The van der Waals surface area contributed by atoms with E-state index in [1.165, 1.54) is 0 Å². The minimum absolute atomic E-state index is 2.86. The van der Waals surface area contributed by atoms with Gasteiger partial charge in [-0.3, -0.25) is 0 Å². The molecule has 4 heteroatoms. The number of quaternary nitrogens is 1. The number of carbonyl (C=O) groups excluding carboxylic acids is 1. The van der Waals surface area contributed by atoms with Crippen LogP contribution < -0.4 is 5.11 Å². The van der Waals surface area contributed by atoms with Crippen molar-refractivity contribution in [1.82, 2.24) is 0 Å². The first-order chi connectivity index (χ1) is 11.0. The molecular weight excluding hydrogens is 146 g/mol. The van der Waals surface area contributed by atoms with Gasteiger partial charge in [0.1, 0.15) is 12.6 Å². The van der Waals surface area contributed by atoms with Crippen molar-refractivity contribution < 1.29 is 38.7 Å². The van der Waals surface area contributed by atoms with Crippen molar-refractivity contribution in [3.8, 4) is 0 Å². The van der Waals surface area contributed by atoms with Crippen LogP contribution in [0.3, 0.4) is 0 Å². The first kappa shape index (κ1) is 1.54. The minimum atomic E-state index is -4.65. The van der Waals surface area contributed by atoms with Gasteiger partial charge in [-0.25, -0.2) is 0 Å². The quantitative estimate of drug-likeness (QED) is 0.502. The van der Waals surface area contributed by atoms with Crippen molar-refractivity contribution in [2.75, 3.05) is 27.4 Å². The molecule has 0 aliphatic rings. The monoisotopic (exact) mass is 176 g/mol. The zero-order valence-corrected chi connectivity index (χ0v) is 5.17. The maximum atomic E-state index is 11.0. The molecule has 0 amide bonds. The van der Waals surface area contributed by atoms with Gasteiger partial charge in [0.25, 0.3) is 0 Å². The summed E-state index contributed by atoms with van der Waals surface area (Å²) >= 11 is 0. The van der Waals surface area contributed by atoms with Gasteiger partial charge in [0.15, 0.2) is 0 Å². The van der Waals surface area contributed by atoms with Crippen LogP contribution in [-0.2, 0) is 4.79 Å². The van der Waals surface area contributed by atoms with Crippen molar-refractivity contribution in [3.63, 3.8) is 0 Å². The fraction of sp³-hybridized carbons (Fsp3) is 0.857. The average molecular weight is 176 g/mol. The number of likely N-dealkylation sites (N-methyl/N-ethyl adjacent to an activating group) is 1. The van der Waals surface area contributed by atoms with Crippen LogP contribution in [0.1, 0.15) is 25.6 Å². The third-order valence-corrected chi connectivity index (χ3v) is 0.485. The SMILES string of the molecule is [2H]O[C@@]([2H])(C([2H])([2H])C(=O)[O-])C([2H])([2H])[N+](C([2H])([2H])[2H])(C([2H])([2H])[2H])C([2H])([2H])[2H]. The van der Waals surface area contributed by atoms with Crippen molar-refractivity contribution in [3.05, 3.63) is 0 Å². The molecule has 66 valence electrons. The lowest BCUT2D eigenvalue weighted by Gasteiger charge is -2.26. The summed E-state index contributed by atoms with van der Waals surface area (Å²) in [4.78, 5) is 11.0. The molecule has 0 aliphatic heterocycles. The second-order valence-electron chi connectivity index (χ2n) is 1.52. The van der Waals surface area contributed by atoms with Gasteiger partial charge in [0.2, 0.25) is 1.43 Å². The number of carboxylic acid groups (broad SMARTS) is 1. The summed E-state index contributed by atoms with van der Waals surface area (Å²) in [6, 6.07) is 0. The molecule has 0 spiro atoms. The molecule has 0 saturated heterocycles.